The van der Waals surface area contributed by atoms with Crippen LogP contribution in [0.2, 0.25) is 0 Å². The topological polar surface area (TPSA) is 112 Å². The maximum absolute atomic E-state index is 11.9. The first-order chi connectivity index (χ1) is 19.4. The number of carbonyl (C=O) groups is 2. The van der Waals surface area contributed by atoms with Crippen LogP contribution < -0.4 is 35.4 Å². The molecular formula is C32H24Br2IN4O2-. The van der Waals surface area contributed by atoms with Crippen molar-refractivity contribution < 1.29 is 33.6 Å². The van der Waals surface area contributed by atoms with E-state index in [0.29, 0.717) is 24.2 Å². The quantitative estimate of drug-likeness (QED) is 0.148. The molecule has 7 rings (SSSR count). The van der Waals surface area contributed by atoms with Gasteiger partial charge in [0.2, 0.25) is 11.6 Å². The van der Waals surface area contributed by atoms with E-state index in [2.05, 4.69) is 72.2 Å². The smallest absolute Gasteiger partial charge is 0.234 e. The number of benzene rings is 5. The summed E-state index contributed by atoms with van der Waals surface area (Å²) in [5.74, 6) is -0.846. The van der Waals surface area contributed by atoms with Gasteiger partial charge in [-0.2, -0.15) is 0 Å². The summed E-state index contributed by atoms with van der Waals surface area (Å²) in [5.41, 5.74) is 14.4. The normalized spacial score (nSPS) is 11.5. The van der Waals surface area contributed by atoms with Crippen molar-refractivity contribution >= 4 is 76.0 Å². The molecule has 0 fully saturated rings. The second-order valence-corrected chi connectivity index (χ2v) is 10.8. The van der Waals surface area contributed by atoms with Gasteiger partial charge in [0.25, 0.3) is 0 Å². The van der Waals surface area contributed by atoms with Crippen LogP contribution in [0.5, 0.6) is 0 Å². The zero-order valence-corrected chi connectivity index (χ0v) is 27.0. The van der Waals surface area contributed by atoms with Crippen LogP contribution >= 0.6 is 31.9 Å². The van der Waals surface area contributed by atoms with E-state index >= 15 is 0 Å². The van der Waals surface area contributed by atoms with Gasteiger partial charge in [-0.3, -0.25) is 19.6 Å². The highest BCUT2D eigenvalue weighted by Gasteiger charge is 2.29. The molecule has 9 heteroatoms. The van der Waals surface area contributed by atoms with E-state index < -0.39 is 11.6 Å². The predicted octanol–water partition coefficient (Wildman–Crippen LogP) is 4.10. The molecule has 0 radical (unpaired) electrons. The molecule has 206 valence electrons. The van der Waals surface area contributed by atoms with Gasteiger partial charge in [0, 0.05) is 56.3 Å². The summed E-state index contributed by atoms with van der Waals surface area (Å²) in [6, 6.07) is 27.2. The fourth-order valence-electron chi connectivity index (χ4n) is 4.70. The lowest BCUT2D eigenvalue weighted by Crippen LogP contribution is -3.00. The Morgan fingerprint density at radius 3 is 1.66 bits per heavy atom. The first-order valence-corrected chi connectivity index (χ1v) is 14.1. The highest BCUT2D eigenvalue weighted by molar-refractivity contribution is 9.10. The molecule has 41 heavy (non-hydrogen) atoms. The Bertz CT molecular complexity index is 1880. The Morgan fingerprint density at radius 1 is 0.537 bits per heavy atom. The van der Waals surface area contributed by atoms with E-state index in [1.807, 2.05) is 30.3 Å². The fraction of sp³-hybridized carbons (Fsp3) is 0.0625. The molecule has 6 aromatic rings. The Kier molecular flexibility index (Phi) is 10.3. The molecule has 0 spiro atoms. The number of Topliss-reactive ketones (excluding diaryl/α,β-unsaturated/α-hetero) is 2. The minimum Gasteiger partial charge on any atom is -1.00 e. The van der Waals surface area contributed by atoms with Crippen LogP contribution in [0.3, 0.4) is 0 Å². The van der Waals surface area contributed by atoms with Gasteiger partial charge in [0.15, 0.2) is 0 Å². The van der Waals surface area contributed by atoms with Gasteiger partial charge < -0.3 is 35.4 Å². The average Bonchev–Trinajstić information content (AvgIpc) is 3.00. The lowest BCUT2D eigenvalue weighted by molar-refractivity contribution is -0.0000191. The maximum atomic E-state index is 11.9. The van der Waals surface area contributed by atoms with E-state index in [4.69, 9.17) is 11.5 Å². The highest BCUT2D eigenvalue weighted by Crippen LogP contribution is 2.35. The van der Waals surface area contributed by atoms with Crippen LogP contribution in [0, 0.1) is 0 Å². The average molecular weight is 783 g/mol. The summed E-state index contributed by atoms with van der Waals surface area (Å²) < 4.78 is 1.97. The number of halogens is 3. The molecule has 0 bridgehead atoms. The van der Waals surface area contributed by atoms with Crippen LogP contribution in [0.25, 0.3) is 43.7 Å². The van der Waals surface area contributed by atoms with E-state index in [9.17, 15) is 9.59 Å². The number of nitrogens with two attached hydrogens (primary N) is 2. The minimum absolute atomic E-state index is 0. The summed E-state index contributed by atoms with van der Waals surface area (Å²) in [7, 11) is 0. The molecule has 0 unspecified atom stereocenters. The fourth-order valence-corrected chi connectivity index (χ4v) is 5.42. The highest BCUT2D eigenvalue weighted by atomic mass is 127. The number of hydrogen-bond acceptors (Lipinski definition) is 6. The minimum atomic E-state index is -0.425. The predicted molar refractivity (Wildman–Crippen MR) is 169 cm³/mol. The van der Waals surface area contributed by atoms with Crippen LogP contribution in [0.15, 0.2) is 106 Å². The second-order valence-electron chi connectivity index (χ2n) is 8.96. The Morgan fingerprint density at radius 2 is 1.02 bits per heavy atom. The van der Waals surface area contributed by atoms with Crippen LogP contribution in [-0.4, -0.2) is 34.6 Å². The van der Waals surface area contributed by atoms with Crippen LogP contribution in [-0.2, 0) is 0 Å². The monoisotopic (exact) mass is 781 g/mol. The molecule has 0 saturated carbocycles. The van der Waals surface area contributed by atoms with E-state index in [-0.39, 0.29) is 24.0 Å². The Hall–Kier alpha value is -3.09. The Labute approximate surface area is 270 Å². The maximum Gasteiger partial charge on any atom is 0.234 e. The van der Waals surface area contributed by atoms with Crippen LogP contribution in [0.4, 0.5) is 0 Å². The molecule has 6 nitrogen and oxygen atoms in total. The van der Waals surface area contributed by atoms with Crippen molar-refractivity contribution in [3.05, 3.63) is 117 Å². The summed E-state index contributed by atoms with van der Waals surface area (Å²) in [5, 5.41) is 4.71. The molecule has 0 atom stereocenters. The summed E-state index contributed by atoms with van der Waals surface area (Å²) in [4.78, 5) is 32.8. The van der Waals surface area contributed by atoms with Crippen molar-refractivity contribution in [2.24, 2.45) is 11.5 Å². The van der Waals surface area contributed by atoms with Crippen molar-refractivity contribution in [1.82, 2.24) is 9.97 Å². The van der Waals surface area contributed by atoms with Gasteiger partial charge in [0.05, 0.1) is 11.0 Å². The SMILES string of the molecule is Brc1ccc2c(c1)c1ccccc1c1nccnc21.NCCN.O=C1C(=O)c2ccc(Br)cc2-c2ccccc21.[I-]. The zero-order chi connectivity index (χ0) is 28.2. The van der Waals surface area contributed by atoms with Crippen molar-refractivity contribution in [3.8, 4) is 11.1 Å². The first-order valence-electron chi connectivity index (χ1n) is 12.5. The molecule has 1 aromatic heterocycles. The van der Waals surface area contributed by atoms with Crippen LogP contribution in [0.1, 0.15) is 20.7 Å². The number of rotatable bonds is 1. The molecule has 0 saturated heterocycles. The van der Waals surface area contributed by atoms with Gasteiger partial charge in [0.1, 0.15) is 0 Å². The number of fused-ring (bicyclic) bond motifs is 9. The largest absolute Gasteiger partial charge is 1.00 e. The lowest BCUT2D eigenvalue weighted by atomic mass is 9.84. The van der Waals surface area contributed by atoms with Crippen molar-refractivity contribution in [3.63, 3.8) is 0 Å². The van der Waals surface area contributed by atoms with Gasteiger partial charge in [-0.05, 0) is 52.2 Å². The van der Waals surface area contributed by atoms with Crippen molar-refractivity contribution in [1.29, 1.82) is 0 Å². The molecule has 5 aromatic carbocycles. The third-order valence-electron chi connectivity index (χ3n) is 6.47. The lowest BCUT2D eigenvalue weighted by Gasteiger charge is -2.17. The molecule has 1 aliphatic carbocycles. The summed E-state index contributed by atoms with van der Waals surface area (Å²) >= 11 is 6.93. The third-order valence-corrected chi connectivity index (χ3v) is 7.45. The summed E-state index contributed by atoms with van der Waals surface area (Å²) in [6.07, 6.45) is 3.50. The molecule has 0 aliphatic heterocycles. The van der Waals surface area contributed by atoms with Crippen molar-refractivity contribution in [2.75, 3.05) is 13.1 Å². The standard InChI is InChI=1S/C16H9BrN2.C14H7BrO2.C2H8N2.HI/c17-10-5-6-13-14(9-10)11-3-1-2-4-12(11)15-16(13)19-8-7-18-15;15-8-5-6-11-12(7-8)9-3-1-2-4-10(9)13(16)14(11)17;3-1-2-4;/h1-9H;1-7H;1-4H2;1H/p-1. The van der Waals surface area contributed by atoms with Gasteiger partial charge in [-0.15, -0.1) is 0 Å². The molecule has 1 aliphatic rings. The molecule has 1 heterocycles. The molecule has 4 N–H and O–H groups in total. The van der Waals surface area contributed by atoms with E-state index in [1.54, 1.807) is 36.7 Å². The molecular weight excluding hydrogens is 759 g/mol. The molecule has 0 amide bonds. The first kappa shape index (κ1) is 30.9. The number of ketones is 2. The van der Waals surface area contributed by atoms with Gasteiger partial charge in [-0.1, -0.05) is 86.5 Å². The van der Waals surface area contributed by atoms with E-state index in [0.717, 1.165) is 41.9 Å². The van der Waals surface area contributed by atoms with E-state index in [1.165, 1.54) is 10.8 Å². The van der Waals surface area contributed by atoms with Crippen molar-refractivity contribution in [2.45, 2.75) is 0 Å². The zero-order valence-electron chi connectivity index (χ0n) is 21.7. The number of aromatic nitrogens is 2. The third kappa shape index (κ3) is 6.24. The number of nitrogens with zero attached hydrogens (tertiary/aromatic N) is 2. The number of hydrogen-bond donors (Lipinski definition) is 2. The van der Waals surface area contributed by atoms with Gasteiger partial charge >= 0.3 is 0 Å². The number of carbonyl (C=O) groups excluding carboxylic acids is 2. The van der Waals surface area contributed by atoms with Gasteiger partial charge in [-0.25, -0.2) is 0 Å². The summed E-state index contributed by atoms with van der Waals surface area (Å²) in [6.45, 7) is 1.19. The second kappa shape index (κ2) is 13.7. The Balaban J connectivity index is 0.000000165.